The van der Waals surface area contributed by atoms with Gasteiger partial charge in [-0.15, -0.1) is 0 Å². The van der Waals surface area contributed by atoms with Gasteiger partial charge in [0.05, 0.1) is 33.5 Å². The van der Waals surface area contributed by atoms with Crippen molar-refractivity contribution in [3.8, 4) is 11.5 Å². The second-order valence-electron chi connectivity index (χ2n) is 6.04. The third-order valence-corrected chi connectivity index (χ3v) is 4.38. The standard InChI is InChI=1S/C19H22N2O4/c1-23-16-8-14(9-17(10-16)24-2)19(22)21-18-12-25-11-15(18)7-13-3-5-20-6-4-13/h3-6,8-10,15,18H,7,11-12H2,1-2H3,(H,21,22)/t15-,18+/m1/s1. The fourth-order valence-corrected chi connectivity index (χ4v) is 2.97. The maximum absolute atomic E-state index is 12.6. The SMILES string of the molecule is COc1cc(OC)cc(C(=O)N[C@H]2COC[C@H]2Cc2ccncc2)c1. The molecule has 132 valence electrons. The summed E-state index contributed by atoms with van der Waals surface area (Å²) in [5.74, 6) is 1.24. The molecule has 1 amide bonds. The van der Waals surface area contributed by atoms with Crippen LogP contribution in [0.15, 0.2) is 42.7 Å². The lowest BCUT2D eigenvalue weighted by Gasteiger charge is -2.19. The highest BCUT2D eigenvalue weighted by Gasteiger charge is 2.30. The second-order valence-corrected chi connectivity index (χ2v) is 6.04. The van der Waals surface area contributed by atoms with E-state index >= 15 is 0 Å². The van der Waals surface area contributed by atoms with Gasteiger partial charge in [0.25, 0.3) is 5.91 Å². The van der Waals surface area contributed by atoms with Gasteiger partial charge in [-0.1, -0.05) is 0 Å². The van der Waals surface area contributed by atoms with Crippen LogP contribution in [0.3, 0.4) is 0 Å². The van der Waals surface area contributed by atoms with Crippen molar-refractivity contribution in [2.75, 3.05) is 27.4 Å². The molecule has 0 aliphatic carbocycles. The Balaban J connectivity index is 1.69. The summed E-state index contributed by atoms with van der Waals surface area (Å²) < 4.78 is 16.0. The summed E-state index contributed by atoms with van der Waals surface area (Å²) in [6.07, 6.45) is 4.40. The van der Waals surface area contributed by atoms with Crippen LogP contribution in [0, 0.1) is 5.92 Å². The molecule has 1 aromatic carbocycles. The molecule has 6 nitrogen and oxygen atoms in total. The fourth-order valence-electron chi connectivity index (χ4n) is 2.97. The number of carbonyl (C=O) groups is 1. The molecule has 0 saturated carbocycles. The van der Waals surface area contributed by atoms with Crippen molar-refractivity contribution in [2.24, 2.45) is 5.92 Å². The Bertz CT molecular complexity index is 698. The monoisotopic (exact) mass is 342 g/mol. The smallest absolute Gasteiger partial charge is 0.251 e. The molecule has 0 radical (unpaired) electrons. The van der Waals surface area contributed by atoms with Gasteiger partial charge in [0.1, 0.15) is 11.5 Å². The van der Waals surface area contributed by atoms with Crippen molar-refractivity contribution >= 4 is 5.91 Å². The molecule has 25 heavy (non-hydrogen) atoms. The first kappa shape index (κ1) is 17.2. The third kappa shape index (κ3) is 4.28. The maximum atomic E-state index is 12.6. The van der Waals surface area contributed by atoms with Crippen LogP contribution in [0.1, 0.15) is 15.9 Å². The highest BCUT2D eigenvalue weighted by atomic mass is 16.5. The number of hydrogen-bond donors (Lipinski definition) is 1. The number of benzene rings is 1. The molecule has 2 atom stereocenters. The minimum atomic E-state index is -0.160. The van der Waals surface area contributed by atoms with Crippen molar-refractivity contribution in [1.29, 1.82) is 0 Å². The summed E-state index contributed by atoms with van der Waals surface area (Å²) >= 11 is 0. The Morgan fingerprint density at radius 2 is 1.84 bits per heavy atom. The van der Waals surface area contributed by atoms with Crippen molar-refractivity contribution in [3.05, 3.63) is 53.9 Å². The Morgan fingerprint density at radius 1 is 1.16 bits per heavy atom. The minimum Gasteiger partial charge on any atom is -0.497 e. The van der Waals surface area contributed by atoms with Crippen molar-refractivity contribution in [2.45, 2.75) is 12.5 Å². The molecule has 6 heteroatoms. The Kier molecular flexibility index (Phi) is 5.50. The van der Waals surface area contributed by atoms with Gasteiger partial charge >= 0.3 is 0 Å². The predicted octanol–water partition coefficient (Wildman–Crippen LogP) is 2.09. The summed E-state index contributed by atoms with van der Waals surface area (Å²) in [5.41, 5.74) is 1.69. The molecule has 1 saturated heterocycles. The van der Waals surface area contributed by atoms with Crippen LogP contribution in [0.5, 0.6) is 11.5 Å². The van der Waals surface area contributed by atoms with Crippen LogP contribution in [-0.4, -0.2) is 44.4 Å². The molecular formula is C19H22N2O4. The first-order valence-electron chi connectivity index (χ1n) is 8.20. The number of aromatic nitrogens is 1. The molecule has 1 aromatic heterocycles. The van der Waals surface area contributed by atoms with E-state index in [0.717, 1.165) is 6.42 Å². The van der Waals surface area contributed by atoms with Gasteiger partial charge in [-0.05, 0) is 36.2 Å². The molecule has 1 N–H and O–H groups in total. The highest BCUT2D eigenvalue weighted by molar-refractivity contribution is 5.95. The lowest BCUT2D eigenvalue weighted by Crippen LogP contribution is -2.40. The van der Waals surface area contributed by atoms with Gasteiger partial charge in [-0.2, -0.15) is 0 Å². The topological polar surface area (TPSA) is 69.7 Å². The summed E-state index contributed by atoms with van der Waals surface area (Å²) in [6.45, 7) is 1.15. The van der Waals surface area contributed by atoms with Crippen LogP contribution in [0.2, 0.25) is 0 Å². The maximum Gasteiger partial charge on any atom is 0.251 e. The molecule has 3 rings (SSSR count). The summed E-state index contributed by atoms with van der Waals surface area (Å²) in [7, 11) is 3.12. The van der Waals surface area contributed by atoms with Crippen LogP contribution < -0.4 is 14.8 Å². The van der Waals surface area contributed by atoms with E-state index in [9.17, 15) is 4.79 Å². The number of nitrogens with one attached hydrogen (secondary N) is 1. The van der Waals surface area contributed by atoms with Crippen LogP contribution >= 0.6 is 0 Å². The number of ether oxygens (including phenoxy) is 3. The van der Waals surface area contributed by atoms with Gasteiger partial charge in [-0.25, -0.2) is 0 Å². The van der Waals surface area contributed by atoms with E-state index in [2.05, 4.69) is 10.3 Å². The number of carbonyl (C=O) groups excluding carboxylic acids is 1. The molecule has 1 aliphatic heterocycles. The highest BCUT2D eigenvalue weighted by Crippen LogP contribution is 2.24. The summed E-state index contributed by atoms with van der Waals surface area (Å²) in [4.78, 5) is 16.7. The third-order valence-electron chi connectivity index (χ3n) is 4.38. The van der Waals surface area contributed by atoms with Crippen LogP contribution in [0.4, 0.5) is 0 Å². The Morgan fingerprint density at radius 3 is 2.48 bits per heavy atom. The Labute approximate surface area is 147 Å². The average molecular weight is 342 g/mol. The van der Waals surface area contributed by atoms with Gasteiger partial charge in [0, 0.05) is 29.9 Å². The van der Waals surface area contributed by atoms with E-state index in [1.807, 2.05) is 12.1 Å². The zero-order chi connectivity index (χ0) is 17.6. The number of pyridine rings is 1. The molecule has 2 heterocycles. The molecule has 1 fully saturated rings. The number of methoxy groups -OCH3 is 2. The first-order valence-corrected chi connectivity index (χ1v) is 8.20. The molecule has 0 bridgehead atoms. The molecule has 1 aliphatic rings. The van der Waals surface area contributed by atoms with Crippen molar-refractivity contribution in [3.63, 3.8) is 0 Å². The predicted molar refractivity (Wildman–Crippen MR) is 93.1 cm³/mol. The number of amides is 1. The van der Waals surface area contributed by atoms with Gasteiger partial charge in [-0.3, -0.25) is 9.78 Å². The van der Waals surface area contributed by atoms with E-state index in [1.54, 1.807) is 44.8 Å². The molecule has 2 aromatic rings. The lowest BCUT2D eigenvalue weighted by atomic mass is 9.95. The van der Waals surface area contributed by atoms with Crippen LogP contribution in [-0.2, 0) is 11.2 Å². The number of nitrogens with zero attached hydrogens (tertiary/aromatic N) is 1. The normalized spacial score (nSPS) is 19.4. The quantitative estimate of drug-likeness (QED) is 0.870. The lowest BCUT2D eigenvalue weighted by molar-refractivity contribution is 0.0924. The van der Waals surface area contributed by atoms with Gasteiger partial charge in [0.2, 0.25) is 0 Å². The van der Waals surface area contributed by atoms with E-state index in [-0.39, 0.29) is 17.9 Å². The van der Waals surface area contributed by atoms with E-state index in [1.165, 1.54) is 5.56 Å². The van der Waals surface area contributed by atoms with Gasteiger partial charge < -0.3 is 19.5 Å². The molecular weight excluding hydrogens is 320 g/mol. The zero-order valence-corrected chi connectivity index (χ0v) is 14.4. The minimum absolute atomic E-state index is 0.0298. The Hall–Kier alpha value is -2.60. The van der Waals surface area contributed by atoms with Gasteiger partial charge in [0.15, 0.2) is 0 Å². The number of rotatable bonds is 6. The summed E-state index contributed by atoms with van der Waals surface area (Å²) in [5, 5.41) is 3.08. The molecule has 0 unspecified atom stereocenters. The number of hydrogen-bond acceptors (Lipinski definition) is 5. The van der Waals surface area contributed by atoms with Crippen molar-refractivity contribution in [1.82, 2.24) is 10.3 Å². The first-order chi connectivity index (χ1) is 12.2. The second kappa shape index (κ2) is 7.98. The summed E-state index contributed by atoms with van der Waals surface area (Å²) in [6, 6.07) is 9.09. The van der Waals surface area contributed by atoms with E-state index in [0.29, 0.717) is 30.3 Å². The van der Waals surface area contributed by atoms with E-state index < -0.39 is 0 Å². The van der Waals surface area contributed by atoms with Crippen LogP contribution in [0.25, 0.3) is 0 Å². The average Bonchev–Trinajstić information content (AvgIpc) is 3.08. The zero-order valence-electron chi connectivity index (χ0n) is 14.4. The molecule has 0 spiro atoms. The van der Waals surface area contributed by atoms with E-state index in [4.69, 9.17) is 14.2 Å². The fraction of sp³-hybridized carbons (Fsp3) is 0.368. The largest absolute Gasteiger partial charge is 0.497 e. The van der Waals surface area contributed by atoms with Crippen molar-refractivity contribution < 1.29 is 19.0 Å².